The number of carbonyl (C=O) groups excluding carboxylic acids is 1. The van der Waals surface area contributed by atoms with E-state index in [1.54, 1.807) is 30.6 Å². The van der Waals surface area contributed by atoms with Crippen molar-refractivity contribution in [2.45, 2.75) is 19.4 Å². The Bertz CT molecular complexity index is 698. The highest BCUT2D eigenvalue weighted by Crippen LogP contribution is 2.34. The van der Waals surface area contributed by atoms with E-state index in [0.29, 0.717) is 17.7 Å². The zero-order chi connectivity index (χ0) is 14.8. The van der Waals surface area contributed by atoms with Crippen molar-refractivity contribution in [3.8, 4) is 5.75 Å². The Morgan fingerprint density at radius 2 is 1.95 bits per heavy atom. The number of hydrogen-bond donors (Lipinski definition) is 1. The number of para-hydroxylation sites is 1. The summed E-state index contributed by atoms with van der Waals surface area (Å²) in [4.78, 5) is 15.8. The summed E-state index contributed by atoms with van der Waals surface area (Å²) in [7, 11) is 0. The van der Waals surface area contributed by atoms with Crippen LogP contribution in [0.15, 0.2) is 53.9 Å². The quantitative estimate of drug-likeness (QED) is 0.919. The van der Waals surface area contributed by atoms with E-state index >= 15 is 0 Å². The van der Waals surface area contributed by atoms with Gasteiger partial charge in [-0.2, -0.15) is 5.10 Å². The first-order chi connectivity index (χ1) is 10.2. The maximum atomic E-state index is 11.8. The molecule has 1 aromatic heterocycles. The van der Waals surface area contributed by atoms with Crippen LogP contribution < -0.4 is 0 Å². The molecule has 0 aliphatic carbocycles. The van der Waals surface area contributed by atoms with E-state index in [4.69, 9.17) is 0 Å². The summed E-state index contributed by atoms with van der Waals surface area (Å²) in [6, 6.07) is 10.6. The number of rotatable bonds is 2. The van der Waals surface area contributed by atoms with Gasteiger partial charge in [-0.15, -0.1) is 0 Å². The topological polar surface area (TPSA) is 65.8 Å². The van der Waals surface area contributed by atoms with E-state index in [0.717, 1.165) is 5.56 Å². The molecule has 1 aromatic carbocycles. The molecule has 3 rings (SSSR count). The van der Waals surface area contributed by atoms with Gasteiger partial charge >= 0.3 is 0 Å². The average Bonchev–Trinajstić information content (AvgIpc) is 2.94. The van der Waals surface area contributed by atoms with Crippen molar-refractivity contribution in [2.75, 3.05) is 0 Å². The van der Waals surface area contributed by atoms with E-state index < -0.39 is 0 Å². The molecule has 0 radical (unpaired) electrons. The Morgan fingerprint density at radius 1 is 1.24 bits per heavy atom. The molecule has 2 heterocycles. The Balaban J connectivity index is 1.98. The number of pyridine rings is 1. The number of aromatic nitrogens is 1. The second-order valence-electron chi connectivity index (χ2n) is 4.93. The molecule has 106 valence electrons. The van der Waals surface area contributed by atoms with Crippen molar-refractivity contribution >= 4 is 11.6 Å². The van der Waals surface area contributed by atoms with Crippen molar-refractivity contribution in [1.82, 2.24) is 9.99 Å². The number of aromatic hydroxyl groups is 1. The fourth-order valence-electron chi connectivity index (χ4n) is 2.53. The van der Waals surface area contributed by atoms with Crippen LogP contribution in [0.2, 0.25) is 0 Å². The van der Waals surface area contributed by atoms with Crippen molar-refractivity contribution in [1.29, 1.82) is 0 Å². The minimum absolute atomic E-state index is 0.123. The molecule has 0 bridgehead atoms. The smallest absolute Gasteiger partial charge is 0.240 e. The molecule has 0 fully saturated rings. The van der Waals surface area contributed by atoms with Crippen molar-refractivity contribution in [3.63, 3.8) is 0 Å². The summed E-state index contributed by atoms with van der Waals surface area (Å²) < 4.78 is 0. The van der Waals surface area contributed by atoms with Crippen LogP contribution in [0.25, 0.3) is 0 Å². The Hall–Kier alpha value is -2.69. The van der Waals surface area contributed by atoms with E-state index in [2.05, 4.69) is 10.1 Å². The minimum Gasteiger partial charge on any atom is -0.507 e. The third-order valence-corrected chi connectivity index (χ3v) is 3.54. The summed E-state index contributed by atoms with van der Waals surface area (Å²) in [5, 5.41) is 15.8. The summed E-state index contributed by atoms with van der Waals surface area (Å²) in [5.41, 5.74) is 2.36. The van der Waals surface area contributed by atoms with Crippen molar-refractivity contribution in [2.24, 2.45) is 5.10 Å². The number of amides is 1. The molecule has 1 N–H and O–H groups in total. The largest absolute Gasteiger partial charge is 0.507 e. The van der Waals surface area contributed by atoms with Gasteiger partial charge in [0.25, 0.3) is 0 Å². The highest BCUT2D eigenvalue weighted by molar-refractivity contribution is 6.05. The molecule has 1 aliphatic rings. The highest BCUT2D eigenvalue weighted by atomic mass is 16.3. The SMILES string of the molecule is CC(=O)N1N=C(c2ccccc2O)CC1c1ccncc1. The zero-order valence-corrected chi connectivity index (χ0v) is 11.6. The highest BCUT2D eigenvalue weighted by Gasteiger charge is 2.31. The number of carbonyl (C=O) groups is 1. The standard InChI is InChI=1S/C16H15N3O2/c1-11(20)19-15(12-6-8-17-9-7-12)10-14(18-19)13-4-2-3-5-16(13)21/h2-9,15,21H,10H2,1H3. The third-order valence-electron chi connectivity index (χ3n) is 3.54. The maximum Gasteiger partial charge on any atom is 0.240 e. The monoisotopic (exact) mass is 281 g/mol. The molecule has 0 saturated heterocycles. The second-order valence-corrected chi connectivity index (χ2v) is 4.93. The van der Waals surface area contributed by atoms with Crippen molar-refractivity contribution in [3.05, 3.63) is 59.9 Å². The van der Waals surface area contributed by atoms with E-state index in [1.165, 1.54) is 11.9 Å². The average molecular weight is 281 g/mol. The van der Waals surface area contributed by atoms with E-state index in [1.807, 2.05) is 18.2 Å². The lowest BCUT2D eigenvalue weighted by atomic mass is 9.99. The molecular weight excluding hydrogens is 266 g/mol. The van der Waals surface area contributed by atoms with Crippen LogP contribution in [0.4, 0.5) is 0 Å². The number of hydrogen-bond acceptors (Lipinski definition) is 4. The van der Waals surface area contributed by atoms with Crippen LogP contribution in [0, 0.1) is 0 Å². The van der Waals surface area contributed by atoms with Crippen LogP contribution in [-0.4, -0.2) is 26.7 Å². The summed E-state index contributed by atoms with van der Waals surface area (Å²) >= 11 is 0. The molecule has 5 heteroatoms. The van der Waals surface area contributed by atoms with Crippen LogP contribution in [0.5, 0.6) is 5.75 Å². The molecule has 1 unspecified atom stereocenters. The van der Waals surface area contributed by atoms with Gasteiger partial charge in [-0.3, -0.25) is 9.78 Å². The van der Waals surface area contributed by atoms with E-state index in [-0.39, 0.29) is 17.7 Å². The number of hydrazone groups is 1. The maximum absolute atomic E-state index is 11.8. The predicted octanol–water partition coefficient (Wildman–Crippen LogP) is 2.48. The van der Waals surface area contributed by atoms with Crippen LogP contribution >= 0.6 is 0 Å². The predicted molar refractivity (Wildman–Crippen MR) is 78.8 cm³/mol. The number of nitrogens with zero attached hydrogens (tertiary/aromatic N) is 3. The lowest BCUT2D eigenvalue weighted by Gasteiger charge is -2.20. The van der Waals surface area contributed by atoms with E-state index in [9.17, 15) is 9.90 Å². The molecule has 21 heavy (non-hydrogen) atoms. The van der Waals surface area contributed by atoms with Gasteiger partial charge in [0.1, 0.15) is 5.75 Å². The van der Waals surface area contributed by atoms with Gasteiger partial charge in [0.05, 0.1) is 11.8 Å². The Labute approximate surface area is 122 Å². The van der Waals surface area contributed by atoms with Crippen molar-refractivity contribution < 1.29 is 9.90 Å². The van der Waals surface area contributed by atoms with Gasteiger partial charge in [-0.25, -0.2) is 5.01 Å². The van der Waals surface area contributed by atoms with Gasteiger partial charge in [0, 0.05) is 31.3 Å². The first kappa shape index (κ1) is 13.3. The Morgan fingerprint density at radius 3 is 2.62 bits per heavy atom. The molecule has 1 amide bonds. The lowest BCUT2D eigenvalue weighted by molar-refractivity contribution is -0.130. The molecule has 1 atom stereocenters. The Kier molecular flexibility index (Phi) is 3.39. The molecule has 5 nitrogen and oxygen atoms in total. The van der Waals surface area contributed by atoms with Gasteiger partial charge in [-0.05, 0) is 29.8 Å². The number of benzene rings is 1. The minimum atomic E-state index is -0.153. The van der Waals surface area contributed by atoms with Gasteiger partial charge < -0.3 is 5.11 Å². The lowest BCUT2D eigenvalue weighted by Crippen LogP contribution is -2.24. The molecule has 1 aliphatic heterocycles. The summed E-state index contributed by atoms with van der Waals surface area (Å²) in [6.45, 7) is 1.49. The first-order valence-electron chi connectivity index (χ1n) is 6.72. The van der Waals surface area contributed by atoms with Crippen LogP contribution in [-0.2, 0) is 4.79 Å². The molecule has 0 saturated carbocycles. The van der Waals surface area contributed by atoms with Gasteiger partial charge in [0.15, 0.2) is 0 Å². The fourth-order valence-corrected chi connectivity index (χ4v) is 2.53. The number of phenols is 1. The fraction of sp³-hybridized carbons (Fsp3) is 0.188. The number of phenolic OH excluding ortho intramolecular Hbond substituents is 1. The second kappa shape index (κ2) is 5.36. The normalized spacial score (nSPS) is 17.7. The van der Waals surface area contributed by atoms with Crippen LogP contribution in [0.1, 0.15) is 30.5 Å². The molecular formula is C16H15N3O2. The molecule has 2 aromatic rings. The third kappa shape index (κ3) is 2.50. The van der Waals surface area contributed by atoms with Gasteiger partial charge in [0.2, 0.25) is 5.91 Å². The molecule has 0 spiro atoms. The first-order valence-corrected chi connectivity index (χ1v) is 6.72. The summed E-state index contributed by atoms with van der Waals surface area (Å²) in [5.74, 6) is 0.0531. The zero-order valence-electron chi connectivity index (χ0n) is 11.6. The van der Waals surface area contributed by atoms with Crippen LogP contribution in [0.3, 0.4) is 0 Å². The van der Waals surface area contributed by atoms with Gasteiger partial charge in [-0.1, -0.05) is 12.1 Å². The summed E-state index contributed by atoms with van der Waals surface area (Å²) in [6.07, 6.45) is 3.97.